The molecule has 1 N–H and O–H groups in total. The van der Waals surface area contributed by atoms with Crippen molar-refractivity contribution in [1.29, 1.82) is 0 Å². The van der Waals surface area contributed by atoms with Gasteiger partial charge in [0.25, 0.3) is 11.7 Å². The minimum atomic E-state index is -0.748. The summed E-state index contributed by atoms with van der Waals surface area (Å²) in [4.78, 5) is 29.5. The minimum absolute atomic E-state index is 0.0423. The molecule has 1 aliphatic rings. The summed E-state index contributed by atoms with van der Waals surface area (Å²) in [6, 6.07) is 13.6. The summed E-state index contributed by atoms with van der Waals surface area (Å²) in [5, 5.41) is 10.9. The average molecular weight is 410 g/mol. The van der Waals surface area contributed by atoms with Crippen molar-refractivity contribution in [2.45, 2.75) is 26.3 Å². The Labute approximate surface area is 176 Å². The molecular weight excluding hydrogens is 383 g/mol. The second-order valence-corrected chi connectivity index (χ2v) is 7.29. The Kier molecular flexibility index (Phi) is 7.00. The highest BCUT2D eigenvalue weighted by atomic mass is 19.1. The van der Waals surface area contributed by atoms with Crippen molar-refractivity contribution in [2.75, 3.05) is 26.2 Å². The van der Waals surface area contributed by atoms with E-state index in [-0.39, 0.29) is 11.3 Å². The summed E-state index contributed by atoms with van der Waals surface area (Å²) >= 11 is 0. The summed E-state index contributed by atoms with van der Waals surface area (Å²) in [6.45, 7) is 7.14. The maximum atomic E-state index is 13.5. The predicted octanol–water partition coefficient (Wildman–Crippen LogP) is 3.98. The molecule has 0 saturated carbocycles. The third kappa shape index (κ3) is 4.44. The highest BCUT2D eigenvalue weighted by Crippen LogP contribution is 2.39. The number of halogens is 1. The van der Waals surface area contributed by atoms with E-state index in [1.54, 1.807) is 42.5 Å². The third-order valence-corrected chi connectivity index (χ3v) is 5.54. The molecular formula is C24H27FN2O3. The fourth-order valence-corrected chi connectivity index (χ4v) is 3.86. The Bertz CT molecular complexity index is 921. The Balaban J connectivity index is 2.00. The molecule has 0 bridgehead atoms. The quantitative estimate of drug-likeness (QED) is 0.406. The maximum absolute atomic E-state index is 13.5. The molecule has 0 spiro atoms. The number of amides is 1. The summed E-state index contributed by atoms with van der Waals surface area (Å²) < 4.78 is 13.5. The van der Waals surface area contributed by atoms with Crippen molar-refractivity contribution in [1.82, 2.24) is 9.80 Å². The third-order valence-electron chi connectivity index (χ3n) is 5.54. The van der Waals surface area contributed by atoms with E-state index in [1.165, 1.54) is 17.0 Å². The first-order valence-corrected chi connectivity index (χ1v) is 10.3. The number of likely N-dealkylation sites (tertiary alicyclic amines) is 1. The van der Waals surface area contributed by atoms with Gasteiger partial charge in [0.1, 0.15) is 11.6 Å². The van der Waals surface area contributed by atoms with Crippen LogP contribution in [0.2, 0.25) is 0 Å². The van der Waals surface area contributed by atoms with Crippen LogP contribution in [0.3, 0.4) is 0 Å². The number of nitrogens with zero attached hydrogens (tertiary/aromatic N) is 2. The number of carbonyl (C=O) groups excluding carboxylic acids is 2. The molecule has 0 aliphatic carbocycles. The van der Waals surface area contributed by atoms with Gasteiger partial charge in [-0.1, -0.05) is 56.3 Å². The summed E-state index contributed by atoms with van der Waals surface area (Å²) in [6.07, 6.45) is 0.692. The topological polar surface area (TPSA) is 60.9 Å². The van der Waals surface area contributed by atoms with Crippen LogP contribution in [0.5, 0.6) is 0 Å². The van der Waals surface area contributed by atoms with Gasteiger partial charge in [0, 0.05) is 12.1 Å². The van der Waals surface area contributed by atoms with Gasteiger partial charge in [-0.2, -0.15) is 0 Å². The average Bonchev–Trinajstić information content (AvgIpc) is 3.02. The number of benzene rings is 2. The van der Waals surface area contributed by atoms with Gasteiger partial charge in [0.15, 0.2) is 0 Å². The van der Waals surface area contributed by atoms with Crippen LogP contribution in [-0.4, -0.2) is 52.8 Å². The minimum Gasteiger partial charge on any atom is -0.507 e. The van der Waals surface area contributed by atoms with Gasteiger partial charge >= 0.3 is 0 Å². The van der Waals surface area contributed by atoms with E-state index in [0.29, 0.717) is 24.1 Å². The molecule has 3 rings (SSSR count). The molecule has 1 saturated heterocycles. The first-order valence-electron chi connectivity index (χ1n) is 10.3. The molecule has 1 unspecified atom stereocenters. The van der Waals surface area contributed by atoms with Crippen molar-refractivity contribution < 1.29 is 19.1 Å². The van der Waals surface area contributed by atoms with Crippen LogP contribution in [0.25, 0.3) is 5.76 Å². The standard InChI is InChI=1S/C24H27FN2O3/c1-3-26(4-2)15-8-16-27-21(17-11-13-19(25)14-12-17)20(23(29)24(27)30)22(28)18-9-6-5-7-10-18/h5-7,9-14,21,28H,3-4,8,15-16H2,1-2H3/b22-20-. The van der Waals surface area contributed by atoms with Crippen molar-refractivity contribution >= 4 is 17.4 Å². The lowest BCUT2D eigenvalue weighted by Crippen LogP contribution is -2.33. The lowest BCUT2D eigenvalue weighted by atomic mass is 9.95. The van der Waals surface area contributed by atoms with E-state index in [1.807, 2.05) is 0 Å². The number of ketones is 1. The summed E-state index contributed by atoms with van der Waals surface area (Å²) in [7, 11) is 0. The molecule has 6 heteroatoms. The highest BCUT2D eigenvalue weighted by Gasteiger charge is 2.45. The lowest BCUT2D eigenvalue weighted by molar-refractivity contribution is -0.140. The molecule has 30 heavy (non-hydrogen) atoms. The fraction of sp³-hybridized carbons (Fsp3) is 0.333. The zero-order chi connectivity index (χ0) is 21.7. The van der Waals surface area contributed by atoms with E-state index < -0.39 is 23.5 Å². The van der Waals surface area contributed by atoms with Crippen molar-refractivity contribution in [3.63, 3.8) is 0 Å². The van der Waals surface area contributed by atoms with E-state index in [2.05, 4.69) is 18.7 Å². The van der Waals surface area contributed by atoms with Crippen LogP contribution in [-0.2, 0) is 9.59 Å². The van der Waals surface area contributed by atoms with E-state index in [4.69, 9.17) is 0 Å². The molecule has 0 aromatic heterocycles. The number of aliphatic hydroxyl groups is 1. The molecule has 1 amide bonds. The first kappa shape index (κ1) is 21.7. The van der Waals surface area contributed by atoms with E-state index >= 15 is 0 Å². The molecule has 1 heterocycles. The number of hydrogen-bond donors (Lipinski definition) is 1. The Morgan fingerprint density at radius 2 is 1.67 bits per heavy atom. The Hall–Kier alpha value is -2.99. The number of aliphatic hydroxyl groups excluding tert-OH is 1. The maximum Gasteiger partial charge on any atom is 0.295 e. The number of Topliss-reactive ketones (excluding diaryl/α,β-unsaturated/α-hetero) is 1. The van der Waals surface area contributed by atoms with Crippen molar-refractivity contribution in [2.24, 2.45) is 0 Å². The molecule has 2 aromatic carbocycles. The van der Waals surface area contributed by atoms with Crippen molar-refractivity contribution in [3.05, 3.63) is 77.1 Å². The van der Waals surface area contributed by atoms with Crippen LogP contribution in [0.1, 0.15) is 37.4 Å². The highest BCUT2D eigenvalue weighted by molar-refractivity contribution is 6.46. The largest absolute Gasteiger partial charge is 0.507 e. The van der Waals surface area contributed by atoms with Gasteiger partial charge in [0.2, 0.25) is 0 Å². The predicted molar refractivity (Wildman–Crippen MR) is 114 cm³/mol. The summed E-state index contributed by atoms with van der Waals surface area (Å²) in [5.74, 6) is -1.97. The van der Waals surface area contributed by atoms with Crippen LogP contribution in [0, 0.1) is 5.82 Å². The van der Waals surface area contributed by atoms with Crippen LogP contribution >= 0.6 is 0 Å². The first-order chi connectivity index (χ1) is 14.5. The Morgan fingerprint density at radius 3 is 2.27 bits per heavy atom. The lowest BCUT2D eigenvalue weighted by Gasteiger charge is -2.26. The summed E-state index contributed by atoms with van der Waals surface area (Å²) in [5.41, 5.74) is 1.10. The van der Waals surface area contributed by atoms with Crippen molar-refractivity contribution in [3.8, 4) is 0 Å². The van der Waals surface area contributed by atoms with Gasteiger partial charge in [-0.15, -0.1) is 0 Å². The van der Waals surface area contributed by atoms with E-state index in [0.717, 1.165) is 19.6 Å². The molecule has 1 atom stereocenters. The van der Waals surface area contributed by atoms with Gasteiger partial charge < -0.3 is 14.9 Å². The molecule has 1 aliphatic heterocycles. The molecule has 0 radical (unpaired) electrons. The molecule has 2 aromatic rings. The van der Waals surface area contributed by atoms with Gasteiger partial charge in [-0.3, -0.25) is 9.59 Å². The van der Waals surface area contributed by atoms with Crippen LogP contribution in [0.4, 0.5) is 4.39 Å². The smallest absolute Gasteiger partial charge is 0.295 e. The molecule has 5 nitrogen and oxygen atoms in total. The van der Waals surface area contributed by atoms with Crippen LogP contribution < -0.4 is 0 Å². The zero-order valence-electron chi connectivity index (χ0n) is 17.3. The molecule has 158 valence electrons. The molecule has 1 fully saturated rings. The monoisotopic (exact) mass is 410 g/mol. The van der Waals surface area contributed by atoms with Crippen LogP contribution in [0.15, 0.2) is 60.2 Å². The van der Waals surface area contributed by atoms with E-state index in [9.17, 15) is 19.1 Å². The zero-order valence-corrected chi connectivity index (χ0v) is 17.3. The van der Waals surface area contributed by atoms with Gasteiger partial charge in [-0.05, 0) is 43.8 Å². The second kappa shape index (κ2) is 9.67. The van der Waals surface area contributed by atoms with Gasteiger partial charge in [0.05, 0.1) is 11.6 Å². The number of hydrogen-bond acceptors (Lipinski definition) is 4. The number of rotatable bonds is 8. The van der Waals surface area contributed by atoms with Gasteiger partial charge in [-0.25, -0.2) is 4.39 Å². The number of carbonyl (C=O) groups is 2. The normalized spacial score (nSPS) is 18.4. The second-order valence-electron chi connectivity index (χ2n) is 7.29. The SMILES string of the molecule is CCN(CC)CCCN1C(=O)C(=O)/C(=C(\O)c2ccccc2)C1c1ccc(F)cc1. The fourth-order valence-electron chi connectivity index (χ4n) is 3.86. The Morgan fingerprint density at radius 1 is 1.03 bits per heavy atom.